The molecule has 2 aromatic carbocycles. The number of furan rings is 1. The summed E-state index contributed by atoms with van der Waals surface area (Å²) in [5.74, 6) is -0.251. The van der Waals surface area contributed by atoms with E-state index in [9.17, 15) is 14.9 Å². The zero-order chi connectivity index (χ0) is 17.4. The number of hydrogen-bond donors (Lipinski definition) is 0. The molecule has 25 heavy (non-hydrogen) atoms. The first-order chi connectivity index (χ1) is 12.1. The highest BCUT2D eigenvalue weighted by Crippen LogP contribution is 2.36. The molecular weight excluding hydrogens is 318 g/mol. The van der Waals surface area contributed by atoms with Crippen LogP contribution in [0.1, 0.15) is 27.2 Å². The molecule has 0 atom stereocenters. The van der Waals surface area contributed by atoms with Gasteiger partial charge in [0, 0.05) is 5.56 Å². The number of carbonyl (C=O) groups is 1. The molecule has 1 aliphatic carbocycles. The minimum atomic E-state index is -0.614. The molecule has 0 spiro atoms. The van der Waals surface area contributed by atoms with Crippen molar-refractivity contribution < 1.29 is 14.1 Å². The predicted octanol–water partition coefficient (Wildman–Crippen LogP) is 4.66. The molecule has 0 N–H and O–H groups in total. The standard InChI is InChI=1S/C20H13NO4/c22-19(9-7-16-8-10-20(25-16)21(23)24)15-6-5-14-11-13-3-1-2-4-17(13)18(14)12-15/h1-10,12H,11H2/b9-7+. The van der Waals surface area contributed by atoms with Crippen molar-refractivity contribution in [3.05, 3.63) is 93.2 Å². The molecule has 5 heteroatoms. The highest BCUT2D eigenvalue weighted by molar-refractivity contribution is 6.07. The van der Waals surface area contributed by atoms with Crippen molar-refractivity contribution in [2.24, 2.45) is 0 Å². The zero-order valence-electron chi connectivity index (χ0n) is 13.1. The summed E-state index contributed by atoms with van der Waals surface area (Å²) in [6, 6.07) is 16.6. The van der Waals surface area contributed by atoms with Crippen LogP contribution in [0.25, 0.3) is 17.2 Å². The Balaban J connectivity index is 1.59. The van der Waals surface area contributed by atoms with E-state index in [1.807, 2.05) is 30.3 Å². The molecule has 0 radical (unpaired) electrons. The summed E-state index contributed by atoms with van der Waals surface area (Å²) < 4.78 is 5.01. The molecule has 0 aliphatic heterocycles. The molecule has 1 aromatic heterocycles. The van der Waals surface area contributed by atoms with Gasteiger partial charge in [0.1, 0.15) is 10.7 Å². The molecule has 0 bridgehead atoms. The smallest absolute Gasteiger partial charge is 0.401 e. The Kier molecular flexibility index (Phi) is 3.54. The van der Waals surface area contributed by atoms with Crippen LogP contribution in [0.3, 0.4) is 0 Å². The van der Waals surface area contributed by atoms with E-state index in [1.54, 1.807) is 0 Å². The number of allylic oxidation sites excluding steroid dienone is 1. The first kappa shape index (κ1) is 15.1. The number of rotatable bonds is 4. The van der Waals surface area contributed by atoms with Crippen LogP contribution in [0.2, 0.25) is 0 Å². The summed E-state index contributed by atoms with van der Waals surface area (Å²) in [5, 5.41) is 10.6. The van der Waals surface area contributed by atoms with E-state index in [1.165, 1.54) is 35.4 Å². The van der Waals surface area contributed by atoms with E-state index < -0.39 is 4.92 Å². The second-order valence-corrected chi connectivity index (χ2v) is 5.84. The number of hydrogen-bond acceptors (Lipinski definition) is 4. The van der Waals surface area contributed by atoms with E-state index in [0.717, 1.165) is 17.5 Å². The lowest BCUT2D eigenvalue weighted by molar-refractivity contribution is -0.402. The van der Waals surface area contributed by atoms with Gasteiger partial charge in [-0.3, -0.25) is 14.9 Å². The molecule has 0 fully saturated rings. The molecule has 0 unspecified atom stereocenters. The number of ketones is 1. The summed E-state index contributed by atoms with van der Waals surface area (Å²) in [5.41, 5.74) is 5.30. The van der Waals surface area contributed by atoms with Crippen molar-refractivity contribution in [1.82, 2.24) is 0 Å². The molecule has 4 rings (SSSR count). The summed E-state index contributed by atoms with van der Waals surface area (Å²) >= 11 is 0. The summed E-state index contributed by atoms with van der Waals surface area (Å²) in [7, 11) is 0. The molecule has 0 saturated heterocycles. The quantitative estimate of drug-likeness (QED) is 0.236. The second kappa shape index (κ2) is 5.87. The maximum absolute atomic E-state index is 12.4. The number of nitro groups is 1. The van der Waals surface area contributed by atoms with Gasteiger partial charge in [0.05, 0.1) is 6.07 Å². The Hall–Kier alpha value is -3.47. The summed E-state index contributed by atoms with van der Waals surface area (Å²) in [4.78, 5) is 22.4. The summed E-state index contributed by atoms with van der Waals surface area (Å²) in [6.07, 6.45) is 3.69. The highest BCUT2D eigenvalue weighted by atomic mass is 16.6. The van der Waals surface area contributed by atoms with Crippen LogP contribution in [0.5, 0.6) is 0 Å². The summed E-state index contributed by atoms with van der Waals surface area (Å²) in [6.45, 7) is 0. The van der Waals surface area contributed by atoms with Gasteiger partial charge < -0.3 is 4.42 Å². The van der Waals surface area contributed by atoms with Gasteiger partial charge in [0.15, 0.2) is 5.78 Å². The van der Waals surface area contributed by atoms with Crippen LogP contribution in [0, 0.1) is 10.1 Å². The molecule has 0 amide bonds. The fraction of sp³-hybridized carbons (Fsp3) is 0.0500. The molecular formula is C20H13NO4. The lowest BCUT2D eigenvalue weighted by Crippen LogP contribution is -1.95. The molecule has 1 aliphatic rings. The number of fused-ring (bicyclic) bond motifs is 3. The average Bonchev–Trinajstić information content (AvgIpc) is 3.23. The van der Waals surface area contributed by atoms with Crippen molar-refractivity contribution in [2.45, 2.75) is 6.42 Å². The van der Waals surface area contributed by atoms with Gasteiger partial charge in [-0.2, -0.15) is 0 Å². The highest BCUT2D eigenvalue weighted by Gasteiger charge is 2.19. The van der Waals surface area contributed by atoms with Gasteiger partial charge in [-0.15, -0.1) is 0 Å². The Morgan fingerprint density at radius 2 is 1.84 bits per heavy atom. The average molecular weight is 331 g/mol. The predicted molar refractivity (Wildman–Crippen MR) is 93.4 cm³/mol. The number of carbonyl (C=O) groups excluding carboxylic acids is 1. The maximum Gasteiger partial charge on any atom is 0.433 e. The van der Waals surface area contributed by atoms with Gasteiger partial charge in [-0.05, 0) is 53.0 Å². The van der Waals surface area contributed by atoms with E-state index >= 15 is 0 Å². The van der Waals surface area contributed by atoms with Crippen LogP contribution < -0.4 is 0 Å². The van der Waals surface area contributed by atoms with Gasteiger partial charge >= 0.3 is 5.88 Å². The largest absolute Gasteiger partial charge is 0.433 e. The van der Waals surface area contributed by atoms with Crippen molar-refractivity contribution in [3.8, 4) is 11.1 Å². The lowest BCUT2D eigenvalue weighted by Gasteiger charge is -2.03. The van der Waals surface area contributed by atoms with Crippen molar-refractivity contribution >= 4 is 17.7 Å². The van der Waals surface area contributed by atoms with Crippen LogP contribution >= 0.6 is 0 Å². The van der Waals surface area contributed by atoms with Crippen molar-refractivity contribution in [2.75, 3.05) is 0 Å². The number of benzene rings is 2. The van der Waals surface area contributed by atoms with Crippen LogP contribution in [0.15, 0.2) is 65.1 Å². The van der Waals surface area contributed by atoms with Crippen LogP contribution in [-0.4, -0.2) is 10.7 Å². The van der Waals surface area contributed by atoms with Gasteiger partial charge in [-0.25, -0.2) is 0 Å². The molecule has 5 nitrogen and oxygen atoms in total. The minimum absolute atomic E-state index is 0.175. The third kappa shape index (κ3) is 2.76. The Labute approximate surface area is 143 Å². The molecule has 3 aromatic rings. The fourth-order valence-electron chi connectivity index (χ4n) is 3.06. The monoisotopic (exact) mass is 331 g/mol. The number of nitrogens with zero attached hydrogens (tertiary/aromatic N) is 1. The topological polar surface area (TPSA) is 73.3 Å². The van der Waals surface area contributed by atoms with Gasteiger partial charge in [0.2, 0.25) is 0 Å². The maximum atomic E-state index is 12.4. The Morgan fingerprint density at radius 3 is 2.64 bits per heavy atom. The Morgan fingerprint density at radius 1 is 1.04 bits per heavy atom. The van der Waals surface area contributed by atoms with Crippen LogP contribution in [0.4, 0.5) is 5.88 Å². The van der Waals surface area contributed by atoms with Crippen LogP contribution in [-0.2, 0) is 6.42 Å². The normalized spacial score (nSPS) is 12.2. The molecule has 122 valence electrons. The van der Waals surface area contributed by atoms with E-state index in [0.29, 0.717) is 5.56 Å². The van der Waals surface area contributed by atoms with Crippen molar-refractivity contribution in [3.63, 3.8) is 0 Å². The van der Waals surface area contributed by atoms with E-state index in [4.69, 9.17) is 4.42 Å². The lowest BCUT2D eigenvalue weighted by atomic mass is 10.0. The molecule has 1 heterocycles. The van der Waals surface area contributed by atoms with Crippen molar-refractivity contribution in [1.29, 1.82) is 0 Å². The van der Waals surface area contributed by atoms with E-state index in [2.05, 4.69) is 12.1 Å². The first-order valence-electron chi connectivity index (χ1n) is 7.79. The van der Waals surface area contributed by atoms with Gasteiger partial charge in [0.25, 0.3) is 0 Å². The van der Waals surface area contributed by atoms with E-state index in [-0.39, 0.29) is 17.4 Å². The SMILES string of the molecule is O=C(/C=C/c1ccc([N+](=O)[O-])o1)c1ccc2c(c1)-c1ccccc1C2. The third-order valence-corrected chi connectivity index (χ3v) is 4.27. The minimum Gasteiger partial charge on any atom is -0.401 e. The second-order valence-electron chi connectivity index (χ2n) is 5.84. The van der Waals surface area contributed by atoms with Gasteiger partial charge in [-0.1, -0.05) is 36.4 Å². The fourth-order valence-corrected chi connectivity index (χ4v) is 3.06. The molecule has 0 saturated carbocycles. The first-order valence-corrected chi connectivity index (χ1v) is 7.79. The zero-order valence-corrected chi connectivity index (χ0v) is 13.1. The Bertz CT molecular complexity index is 1030. The third-order valence-electron chi connectivity index (χ3n) is 4.27.